The number of rotatable bonds is 5. The summed E-state index contributed by atoms with van der Waals surface area (Å²) in [5.41, 5.74) is 1.47. The first-order chi connectivity index (χ1) is 14.5. The van der Waals surface area contributed by atoms with E-state index in [1.54, 1.807) is 42.5 Å². The summed E-state index contributed by atoms with van der Waals surface area (Å²) >= 11 is 6.04. The van der Waals surface area contributed by atoms with Gasteiger partial charge in [0, 0.05) is 6.07 Å². The second kappa shape index (κ2) is 8.43. The van der Waals surface area contributed by atoms with Crippen molar-refractivity contribution in [2.24, 2.45) is 0 Å². The molecule has 0 bridgehead atoms. The van der Waals surface area contributed by atoms with Gasteiger partial charge in [-0.05, 0) is 55.0 Å². The van der Waals surface area contributed by atoms with E-state index in [9.17, 15) is 9.59 Å². The van der Waals surface area contributed by atoms with E-state index in [2.05, 4.69) is 0 Å². The van der Waals surface area contributed by atoms with Crippen LogP contribution in [-0.2, 0) is 0 Å². The number of benzene rings is 3. The molecule has 30 heavy (non-hydrogen) atoms. The van der Waals surface area contributed by atoms with Crippen molar-refractivity contribution in [3.8, 4) is 17.2 Å². The van der Waals surface area contributed by atoms with E-state index in [0.29, 0.717) is 22.9 Å². The number of halogens is 1. The van der Waals surface area contributed by atoms with Gasteiger partial charge in [0.15, 0.2) is 5.76 Å². The zero-order valence-electron chi connectivity index (χ0n) is 16.1. The first-order valence-electron chi connectivity index (χ1n) is 9.33. The van der Waals surface area contributed by atoms with Crippen molar-refractivity contribution < 1.29 is 23.8 Å². The number of hydrogen-bond acceptors (Lipinski definition) is 5. The smallest absolute Gasteiger partial charge is 0.345 e. The van der Waals surface area contributed by atoms with Gasteiger partial charge in [-0.1, -0.05) is 35.9 Å². The van der Waals surface area contributed by atoms with Crippen molar-refractivity contribution in [1.82, 2.24) is 0 Å². The summed E-state index contributed by atoms with van der Waals surface area (Å²) in [5.74, 6) is 0.726. The van der Waals surface area contributed by atoms with Crippen molar-refractivity contribution in [3.63, 3.8) is 0 Å². The number of allylic oxidation sites excluding steroid dienone is 1. The van der Waals surface area contributed by atoms with Gasteiger partial charge in [-0.25, -0.2) is 4.79 Å². The van der Waals surface area contributed by atoms with Crippen LogP contribution < -0.4 is 14.2 Å². The summed E-state index contributed by atoms with van der Waals surface area (Å²) in [7, 11) is 0. The third-order valence-electron chi connectivity index (χ3n) is 4.43. The largest absolute Gasteiger partial charge is 0.494 e. The fraction of sp³-hybridized carbons (Fsp3) is 0.0833. The number of ether oxygens (including phenoxy) is 3. The number of fused-ring (bicyclic) bond motifs is 1. The minimum atomic E-state index is -0.588. The predicted molar refractivity (Wildman–Crippen MR) is 113 cm³/mol. The predicted octanol–water partition coefficient (Wildman–Crippen LogP) is 5.57. The first kappa shape index (κ1) is 19.7. The molecule has 0 fully saturated rings. The Labute approximate surface area is 178 Å². The molecule has 0 atom stereocenters. The highest BCUT2D eigenvalue weighted by Crippen LogP contribution is 2.35. The van der Waals surface area contributed by atoms with Gasteiger partial charge < -0.3 is 14.2 Å². The van der Waals surface area contributed by atoms with Crippen LogP contribution in [0.25, 0.3) is 6.08 Å². The highest BCUT2D eigenvalue weighted by atomic mass is 35.5. The summed E-state index contributed by atoms with van der Waals surface area (Å²) in [6, 6.07) is 18.6. The number of carbonyl (C=O) groups is 2. The fourth-order valence-electron chi connectivity index (χ4n) is 3.00. The quantitative estimate of drug-likeness (QED) is 0.306. The lowest BCUT2D eigenvalue weighted by Crippen LogP contribution is -2.09. The van der Waals surface area contributed by atoms with E-state index >= 15 is 0 Å². The number of esters is 1. The zero-order valence-corrected chi connectivity index (χ0v) is 16.8. The molecule has 0 spiro atoms. The van der Waals surface area contributed by atoms with Gasteiger partial charge in [0.05, 0.1) is 22.8 Å². The number of carbonyl (C=O) groups excluding carboxylic acids is 2. The Bertz CT molecular complexity index is 1150. The van der Waals surface area contributed by atoms with Crippen LogP contribution in [0.15, 0.2) is 72.5 Å². The third kappa shape index (κ3) is 4.07. The number of ketones is 1. The average Bonchev–Trinajstić information content (AvgIpc) is 3.04. The monoisotopic (exact) mass is 420 g/mol. The second-order valence-corrected chi connectivity index (χ2v) is 6.88. The summed E-state index contributed by atoms with van der Waals surface area (Å²) < 4.78 is 16.5. The molecule has 0 unspecified atom stereocenters. The molecule has 0 saturated heterocycles. The Kier molecular flexibility index (Phi) is 5.55. The summed E-state index contributed by atoms with van der Waals surface area (Å²) in [6.45, 7) is 2.50. The molecule has 1 heterocycles. The molecule has 3 aromatic carbocycles. The van der Waals surface area contributed by atoms with Gasteiger partial charge >= 0.3 is 5.97 Å². The number of Topliss-reactive ketones (excluding diaryl/α,β-unsaturated/α-hetero) is 1. The van der Waals surface area contributed by atoms with Crippen LogP contribution in [0.1, 0.15) is 33.2 Å². The van der Waals surface area contributed by atoms with Gasteiger partial charge in [-0.2, -0.15) is 0 Å². The molecule has 0 N–H and O–H groups in total. The fourth-order valence-corrected chi connectivity index (χ4v) is 3.21. The van der Waals surface area contributed by atoms with Crippen LogP contribution in [-0.4, -0.2) is 18.4 Å². The van der Waals surface area contributed by atoms with E-state index < -0.39 is 5.97 Å². The van der Waals surface area contributed by atoms with Crippen molar-refractivity contribution in [2.45, 2.75) is 6.92 Å². The van der Waals surface area contributed by atoms with E-state index in [1.165, 1.54) is 6.07 Å². The maximum Gasteiger partial charge on any atom is 0.345 e. The van der Waals surface area contributed by atoms with Crippen LogP contribution >= 0.6 is 11.6 Å². The van der Waals surface area contributed by atoms with E-state index in [1.807, 2.05) is 31.2 Å². The number of hydrogen-bond donors (Lipinski definition) is 0. The molecule has 150 valence electrons. The van der Waals surface area contributed by atoms with Crippen LogP contribution in [0.3, 0.4) is 0 Å². The molecule has 4 rings (SSSR count). The van der Waals surface area contributed by atoms with E-state index in [4.69, 9.17) is 25.8 Å². The molecule has 6 heteroatoms. The molecular weight excluding hydrogens is 404 g/mol. The molecule has 5 nitrogen and oxygen atoms in total. The normalized spacial score (nSPS) is 13.7. The molecule has 3 aromatic rings. The minimum absolute atomic E-state index is 0.198. The Balaban J connectivity index is 1.52. The molecule has 0 amide bonds. The molecular formula is C24H17ClO5. The summed E-state index contributed by atoms with van der Waals surface area (Å²) in [4.78, 5) is 25.0. The first-order valence-corrected chi connectivity index (χ1v) is 9.71. The molecule has 0 saturated carbocycles. The molecule has 1 aliphatic rings. The van der Waals surface area contributed by atoms with E-state index in [-0.39, 0.29) is 22.9 Å². The van der Waals surface area contributed by atoms with Crippen molar-refractivity contribution in [2.75, 3.05) is 6.61 Å². The average molecular weight is 421 g/mol. The second-order valence-electron chi connectivity index (χ2n) is 6.47. The van der Waals surface area contributed by atoms with Crippen molar-refractivity contribution >= 4 is 29.4 Å². The highest BCUT2D eigenvalue weighted by Gasteiger charge is 2.28. The Morgan fingerprint density at radius 1 is 1.03 bits per heavy atom. The van der Waals surface area contributed by atoms with Crippen LogP contribution in [0, 0.1) is 0 Å². The molecule has 0 radical (unpaired) electrons. The SMILES string of the molecule is CCOc1ccc(/C=C2\Oc3cc(OC(=O)c4ccccc4Cl)ccc3C2=O)cc1. The standard InChI is InChI=1S/C24H17ClO5/c1-2-28-16-9-7-15(8-10-16)13-22-23(26)19-12-11-17(14-21(19)30-22)29-24(27)18-5-3-4-6-20(18)25/h3-14H,2H2,1H3/b22-13-. The highest BCUT2D eigenvalue weighted by molar-refractivity contribution is 6.33. The Morgan fingerprint density at radius 3 is 2.50 bits per heavy atom. The summed E-state index contributed by atoms with van der Waals surface area (Å²) in [6.07, 6.45) is 1.66. The lowest BCUT2D eigenvalue weighted by molar-refractivity contribution is 0.0734. The molecule has 1 aliphatic heterocycles. The maximum atomic E-state index is 12.6. The third-order valence-corrected chi connectivity index (χ3v) is 4.76. The van der Waals surface area contributed by atoms with Crippen LogP contribution in [0.2, 0.25) is 5.02 Å². The van der Waals surface area contributed by atoms with Crippen molar-refractivity contribution in [1.29, 1.82) is 0 Å². The minimum Gasteiger partial charge on any atom is -0.494 e. The van der Waals surface area contributed by atoms with Crippen LogP contribution in [0.5, 0.6) is 17.2 Å². The van der Waals surface area contributed by atoms with E-state index in [0.717, 1.165) is 11.3 Å². The molecule has 0 aromatic heterocycles. The lowest BCUT2D eigenvalue weighted by atomic mass is 10.1. The topological polar surface area (TPSA) is 61.8 Å². The van der Waals surface area contributed by atoms with Gasteiger partial charge in [0.1, 0.15) is 17.2 Å². The van der Waals surface area contributed by atoms with Gasteiger partial charge in [0.25, 0.3) is 0 Å². The lowest BCUT2D eigenvalue weighted by Gasteiger charge is -2.06. The molecule has 0 aliphatic carbocycles. The Hall–Kier alpha value is -3.57. The Morgan fingerprint density at radius 2 is 1.77 bits per heavy atom. The maximum absolute atomic E-state index is 12.6. The van der Waals surface area contributed by atoms with Crippen LogP contribution in [0.4, 0.5) is 0 Å². The van der Waals surface area contributed by atoms with Crippen molar-refractivity contribution in [3.05, 3.63) is 94.2 Å². The summed E-state index contributed by atoms with van der Waals surface area (Å²) in [5, 5.41) is 0.302. The van der Waals surface area contributed by atoms with Gasteiger partial charge in [0.2, 0.25) is 5.78 Å². The zero-order chi connectivity index (χ0) is 21.1. The van der Waals surface area contributed by atoms with Gasteiger partial charge in [-0.3, -0.25) is 4.79 Å². The van der Waals surface area contributed by atoms with Gasteiger partial charge in [-0.15, -0.1) is 0 Å².